The van der Waals surface area contributed by atoms with E-state index in [2.05, 4.69) is 15.6 Å². The van der Waals surface area contributed by atoms with Crippen molar-refractivity contribution in [2.45, 2.75) is 13.5 Å². The Morgan fingerprint density at radius 1 is 1.06 bits per heavy atom. The van der Waals surface area contributed by atoms with Gasteiger partial charge in [0, 0.05) is 4.88 Å². The van der Waals surface area contributed by atoms with Gasteiger partial charge in [-0.15, -0.1) is 16.4 Å². The maximum absolute atomic E-state index is 12.8. The van der Waals surface area contributed by atoms with Gasteiger partial charge in [-0.25, -0.2) is 9.48 Å². The number of fused-ring (bicyclic) bond motifs is 1. The van der Waals surface area contributed by atoms with Crippen LogP contribution in [-0.2, 0) is 16.1 Å². The number of para-hydroxylation sites is 1. The Morgan fingerprint density at radius 3 is 2.61 bits per heavy atom. The van der Waals surface area contributed by atoms with Gasteiger partial charge in [-0.3, -0.25) is 4.79 Å². The van der Waals surface area contributed by atoms with Crippen molar-refractivity contribution >= 4 is 39.9 Å². The predicted molar refractivity (Wildman–Crippen MR) is 125 cm³/mol. The molecule has 1 amide bonds. The molecule has 4 rings (SSSR count). The molecule has 9 nitrogen and oxygen atoms in total. The van der Waals surface area contributed by atoms with Crippen molar-refractivity contribution in [3.05, 3.63) is 53.4 Å². The van der Waals surface area contributed by atoms with Crippen LogP contribution in [0.2, 0.25) is 0 Å². The van der Waals surface area contributed by atoms with Crippen molar-refractivity contribution in [1.29, 1.82) is 0 Å². The molecule has 0 fully saturated rings. The quantitative estimate of drug-likeness (QED) is 0.392. The third-order valence-corrected chi connectivity index (χ3v) is 6.01. The molecule has 2 heterocycles. The number of thiophene rings is 1. The van der Waals surface area contributed by atoms with Gasteiger partial charge in [0.15, 0.2) is 11.5 Å². The van der Waals surface area contributed by atoms with Crippen LogP contribution in [-0.4, -0.2) is 47.7 Å². The minimum Gasteiger partial charge on any atom is -0.493 e. The number of carbonyl (C=O) groups is 2. The predicted octanol–water partition coefficient (Wildman–Crippen LogP) is 3.99. The first-order chi connectivity index (χ1) is 16.0. The number of benzene rings is 2. The van der Waals surface area contributed by atoms with Crippen molar-refractivity contribution in [2.75, 3.05) is 26.1 Å². The molecule has 0 saturated heterocycles. The summed E-state index contributed by atoms with van der Waals surface area (Å²) in [4.78, 5) is 26.4. The van der Waals surface area contributed by atoms with E-state index in [0.717, 1.165) is 16.0 Å². The van der Waals surface area contributed by atoms with E-state index in [1.54, 1.807) is 33.3 Å². The highest BCUT2D eigenvalue weighted by atomic mass is 32.1. The Hall–Kier alpha value is -3.92. The van der Waals surface area contributed by atoms with E-state index in [4.69, 9.17) is 14.2 Å². The van der Waals surface area contributed by atoms with Crippen molar-refractivity contribution in [1.82, 2.24) is 15.0 Å². The number of hydrogen-bond acceptors (Lipinski definition) is 8. The smallest absolute Gasteiger partial charge is 0.350 e. The first-order valence-electron chi connectivity index (χ1n) is 10.2. The van der Waals surface area contributed by atoms with Gasteiger partial charge in [0.25, 0.3) is 0 Å². The third kappa shape index (κ3) is 4.65. The average molecular weight is 467 g/mol. The second-order valence-electron chi connectivity index (χ2n) is 6.93. The molecule has 1 N–H and O–H groups in total. The van der Waals surface area contributed by atoms with E-state index in [1.165, 1.54) is 16.0 Å². The topological polar surface area (TPSA) is 105 Å². The number of aromatic nitrogens is 3. The van der Waals surface area contributed by atoms with Crippen molar-refractivity contribution < 1.29 is 23.8 Å². The van der Waals surface area contributed by atoms with Gasteiger partial charge in [-0.1, -0.05) is 17.3 Å². The Bertz CT molecular complexity index is 1310. The van der Waals surface area contributed by atoms with Gasteiger partial charge in [0.05, 0.1) is 32.0 Å². The van der Waals surface area contributed by atoms with Crippen LogP contribution >= 0.6 is 11.3 Å². The molecule has 0 unspecified atom stereocenters. The summed E-state index contributed by atoms with van der Waals surface area (Å²) >= 11 is 1.23. The maximum Gasteiger partial charge on any atom is 0.350 e. The molecule has 0 bridgehead atoms. The zero-order valence-corrected chi connectivity index (χ0v) is 19.1. The van der Waals surface area contributed by atoms with E-state index < -0.39 is 5.97 Å². The maximum atomic E-state index is 12.8. The standard InChI is InChI=1S/C23H22N4O5S/c1-4-32-23(29)22-16(12-20(33-22)14-9-10-18(30-2)19(11-14)31-3)24-21(28)13-27-17-8-6-5-7-15(17)25-26-27/h5-12H,4,13H2,1-3H3,(H,24,28). The molecule has 0 radical (unpaired) electrons. The highest BCUT2D eigenvalue weighted by Gasteiger charge is 2.21. The van der Waals surface area contributed by atoms with E-state index >= 15 is 0 Å². The summed E-state index contributed by atoms with van der Waals surface area (Å²) in [6.07, 6.45) is 0. The lowest BCUT2D eigenvalue weighted by Crippen LogP contribution is -2.20. The number of carbonyl (C=O) groups excluding carboxylic acids is 2. The first-order valence-corrected chi connectivity index (χ1v) is 11.0. The van der Waals surface area contributed by atoms with Gasteiger partial charge in [-0.05, 0) is 48.9 Å². The molecule has 0 spiro atoms. The summed E-state index contributed by atoms with van der Waals surface area (Å²) in [5.41, 5.74) is 2.63. The monoisotopic (exact) mass is 466 g/mol. The van der Waals surface area contributed by atoms with Crippen LogP contribution in [0.4, 0.5) is 5.69 Å². The van der Waals surface area contributed by atoms with Gasteiger partial charge >= 0.3 is 5.97 Å². The second kappa shape index (κ2) is 9.70. The largest absolute Gasteiger partial charge is 0.493 e. The summed E-state index contributed by atoms with van der Waals surface area (Å²) < 4.78 is 17.4. The van der Waals surface area contributed by atoms with E-state index in [9.17, 15) is 9.59 Å². The summed E-state index contributed by atoms with van der Waals surface area (Å²) in [5.74, 6) is 0.310. The summed E-state index contributed by atoms with van der Waals surface area (Å²) in [6, 6.07) is 14.6. The summed E-state index contributed by atoms with van der Waals surface area (Å²) in [7, 11) is 3.12. The highest BCUT2D eigenvalue weighted by Crippen LogP contribution is 2.39. The molecule has 0 atom stereocenters. The highest BCUT2D eigenvalue weighted by molar-refractivity contribution is 7.18. The van der Waals surface area contributed by atoms with Gasteiger partial charge in [0.2, 0.25) is 5.91 Å². The van der Waals surface area contributed by atoms with Gasteiger partial charge in [-0.2, -0.15) is 0 Å². The lowest BCUT2D eigenvalue weighted by atomic mass is 10.1. The minimum atomic E-state index is -0.504. The van der Waals surface area contributed by atoms with Crippen molar-refractivity contribution in [3.8, 4) is 21.9 Å². The van der Waals surface area contributed by atoms with Crippen LogP contribution in [0.5, 0.6) is 11.5 Å². The number of nitrogens with one attached hydrogen (secondary N) is 1. The van der Waals surface area contributed by atoms with E-state index in [1.807, 2.05) is 36.4 Å². The van der Waals surface area contributed by atoms with Gasteiger partial charge < -0.3 is 19.5 Å². The number of rotatable bonds is 8. The number of amides is 1. The van der Waals surface area contributed by atoms with Crippen molar-refractivity contribution in [2.24, 2.45) is 0 Å². The van der Waals surface area contributed by atoms with Crippen LogP contribution in [0.3, 0.4) is 0 Å². The number of methoxy groups -OCH3 is 2. The third-order valence-electron chi connectivity index (χ3n) is 4.85. The molecule has 4 aromatic rings. The molecule has 10 heteroatoms. The molecule has 0 aliphatic carbocycles. The molecule has 2 aromatic carbocycles. The minimum absolute atomic E-state index is 0.0513. The number of nitrogens with zero attached hydrogens (tertiary/aromatic N) is 3. The van der Waals surface area contributed by atoms with E-state index in [0.29, 0.717) is 27.6 Å². The first kappa shape index (κ1) is 22.3. The fraction of sp³-hybridized carbons (Fsp3) is 0.217. The number of ether oxygens (including phenoxy) is 3. The molecule has 0 aliphatic rings. The molecule has 0 saturated carbocycles. The van der Waals surface area contributed by atoms with Crippen LogP contribution in [0.15, 0.2) is 48.5 Å². The Kier molecular flexibility index (Phi) is 6.55. The summed E-state index contributed by atoms with van der Waals surface area (Å²) in [6.45, 7) is 1.90. The lowest BCUT2D eigenvalue weighted by molar-refractivity contribution is -0.116. The average Bonchev–Trinajstić information content (AvgIpc) is 3.43. The number of esters is 1. The van der Waals surface area contributed by atoms with Crippen LogP contribution in [0.25, 0.3) is 21.5 Å². The molecule has 33 heavy (non-hydrogen) atoms. The SMILES string of the molecule is CCOC(=O)c1sc(-c2ccc(OC)c(OC)c2)cc1NC(=O)Cn1nnc2ccccc21. The molecular weight excluding hydrogens is 444 g/mol. The zero-order valence-electron chi connectivity index (χ0n) is 18.3. The fourth-order valence-electron chi connectivity index (χ4n) is 3.32. The van der Waals surface area contributed by atoms with E-state index in [-0.39, 0.29) is 19.1 Å². The van der Waals surface area contributed by atoms with Gasteiger partial charge in [0.1, 0.15) is 16.9 Å². The van der Waals surface area contributed by atoms with Crippen LogP contribution < -0.4 is 14.8 Å². The number of anilines is 1. The lowest BCUT2D eigenvalue weighted by Gasteiger charge is -2.08. The molecule has 0 aliphatic heterocycles. The Morgan fingerprint density at radius 2 is 1.85 bits per heavy atom. The fourth-order valence-corrected chi connectivity index (χ4v) is 4.33. The molecule has 170 valence electrons. The Balaban J connectivity index is 1.63. The molecular formula is C23H22N4O5S. The Labute approximate surface area is 193 Å². The normalized spacial score (nSPS) is 10.8. The zero-order chi connectivity index (χ0) is 23.4. The summed E-state index contributed by atoms with van der Waals surface area (Å²) in [5, 5.41) is 10.9. The van der Waals surface area contributed by atoms with Crippen LogP contribution in [0.1, 0.15) is 16.6 Å². The van der Waals surface area contributed by atoms with Crippen molar-refractivity contribution in [3.63, 3.8) is 0 Å². The van der Waals surface area contributed by atoms with Crippen LogP contribution in [0, 0.1) is 0 Å². The molecule has 2 aromatic heterocycles. The number of hydrogen-bond donors (Lipinski definition) is 1. The second-order valence-corrected chi connectivity index (χ2v) is 7.98.